The average molecular weight is 326 g/mol. The molecule has 1 aliphatic rings. The van der Waals surface area contributed by atoms with Gasteiger partial charge in [0.25, 0.3) is 0 Å². The molecule has 0 fully saturated rings. The highest BCUT2D eigenvalue weighted by Crippen LogP contribution is 2.38. The van der Waals surface area contributed by atoms with Gasteiger partial charge in [0, 0.05) is 23.7 Å². The Balaban J connectivity index is 1.69. The molecule has 0 radical (unpaired) electrons. The van der Waals surface area contributed by atoms with Gasteiger partial charge >= 0.3 is 0 Å². The Labute approximate surface area is 142 Å². The minimum Gasteiger partial charge on any atom is -0.492 e. The number of carbonyl (C=O) groups excluding carboxylic acids is 1. The Morgan fingerprint density at radius 1 is 1.29 bits per heavy atom. The first-order valence-corrected chi connectivity index (χ1v) is 8.21. The summed E-state index contributed by atoms with van der Waals surface area (Å²) in [5, 5.41) is 6.00. The van der Waals surface area contributed by atoms with Crippen LogP contribution < -0.4 is 20.1 Å². The molecule has 3 rings (SSSR count). The zero-order valence-electron chi connectivity index (χ0n) is 14.0. The minimum atomic E-state index is -0.134. The number of rotatable bonds is 6. The quantitative estimate of drug-likeness (QED) is 0.853. The van der Waals surface area contributed by atoms with E-state index >= 15 is 0 Å². The summed E-state index contributed by atoms with van der Waals surface area (Å²) >= 11 is 0. The zero-order chi connectivity index (χ0) is 16.9. The van der Waals surface area contributed by atoms with Crippen LogP contribution in [0, 0.1) is 0 Å². The highest BCUT2D eigenvalue weighted by atomic mass is 16.5. The summed E-state index contributed by atoms with van der Waals surface area (Å²) in [6, 6.07) is 13.4. The van der Waals surface area contributed by atoms with E-state index < -0.39 is 0 Å². The van der Waals surface area contributed by atoms with Crippen LogP contribution in [0.25, 0.3) is 0 Å². The highest BCUT2D eigenvalue weighted by Gasteiger charge is 2.22. The predicted octanol–water partition coefficient (Wildman–Crippen LogP) is 3.46. The molecule has 1 atom stereocenters. The molecular formula is C19H22N2O3. The molecule has 1 aliphatic heterocycles. The van der Waals surface area contributed by atoms with Gasteiger partial charge in [0.1, 0.15) is 17.6 Å². The fourth-order valence-corrected chi connectivity index (χ4v) is 2.74. The second-order valence-corrected chi connectivity index (χ2v) is 5.79. The van der Waals surface area contributed by atoms with Crippen molar-refractivity contribution in [3.8, 4) is 11.5 Å². The Morgan fingerprint density at radius 3 is 2.83 bits per heavy atom. The van der Waals surface area contributed by atoms with Gasteiger partial charge in [0.2, 0.25) is 5.91 Å². The second-order valence-electron chi connectivity index (χ2n) is 5.79. The normalized spacial score (nSPS) is 15.3. The summed E-state index contributed by atoms with van der Waals surface area (Å²) in [7, 11) is 0. The average Bonchev–Trinajstić information content (AvgIpc) is 2.93. The molecule has 0 aliphatic carbocycles. The minimum absolute atomic E-state index is 0.134. The van der Waals surface area contributed by atoms with Gasteiger partial charge in [-0.05, 0) is 32.0 Å². The van der Waals surface area contributed by atoms with Crippen LogP contribution in [0.4, 0.5) is 11.4 Å². The SMILES string of the molecule is CCOc1cc2c(cc1NC(=O)CNc1ccccc1)OC(C)C2. The number of amides is 1. The number of benzene rings is 2. The third-order valence-electron chi connectivity index (χ3n) is 3.80. The van der Waals surface area contributed by atoms with Crippen molar-refractivity contribution in [3.63, 3.8) is 0 Å². The van der Waals surface area contributed by atoms with Gasteiger partial charge in [0.05, 0.1) is 18.8 Å². The largest absolute Gasteiger partial charge is 0.492 e. The monoisotopic (exact) mass is 326 g/mol. The van der Waals surface area contributed by atoms with E-state index in [0.717, 1.165) is 23.4 Å². The maximum Gasteiger partial charge on any atom is 0.243 e. The van der Waals surface area contributed by atoms with Gasteiger partial charge in [-0.25, -0.2) is 0 Å². The van der Waals surface area contributed by atoms with Crippen molar-refractivity contribution in [2.75, 3.05) is 23.8 Å². The topological polar surface area (TPSA) is 59.6 Å². The number of anilines is 2. The van der Waals surface area contributed by atoms with E-state index in [1.54, 1.807) is 0 Å². The molecule has 2 aromatic rings. The Morgan fingerprint density at radius 2 is 2.08 bits per heavy atom. The van der Waals surface area contributed by atoms with Crippen molar-refractivity contribution in [1.29, 1.82) is 0 Å². The maximum atomic E-state index is 12.2. The smallest absolute Gasteiger partial charge is 0.243 e. The summed E-state index contributed by atoms with van der Waals surface area (Å²) in [5.74, 6) is 1.37. The van der Waals surface area contributed by atoms with Crippen molar-refractivity contribution in [3.05, 3.63) is 48.0 Å². The summed E-state index contributed by atoms with van der Waals surface area (Å²) in [4.78, 5) is 12.2. The van der Waals surface area contributed by atoms with Gasteiger partial charge in [-0.1, -0.05) is 18.2 Å². The molecule has 2 aromatic carbocycles. The molecule has 2 N–H and O–H groups in total. The van der Waals surface area contributed by atoms with Gasteiger partial charge in [-0.2, -0.15) is 0 Å². The maximum absolute atomic E-state index is 12.2. The van der Waals surface area contributed by atoms with Crippen LogP contribution in [-0.2, 0) is 11.2 Å². The van der Waals surface area contributed by atoms with Crippen LogP contribution in [0.3, 0.4) is 0 Å². The van der Waals surface area contributed by atoms with Crippen molar-refractivity contribution in [2.45, 2.75) is 26.4 Å². The number of hydrogen-bond donors (Lipinski definition) is 2. The summed E-state index contributed by atoms with van der Waals surface area (Å²) in [6.45, 7) is 4.68. The summed E-state index contributed by atoms with van der Waals surface area (Å²) < 4.78 is 11.4. The van der Waals surface area contributed by atoms with Gasteiger partial charge in [-0.15, -0.1) is 0 Å². The van der Waals surface area contributed by atoms with Crippen LogP contribution in [0.2, 0.25) is 0 Å². The first kappa shape index (κ1) is 16.2. The van der Waals surface area contributed by atoms with E-state index in [1.807, 2.05) is 56.3 Å². The number of fused-ring (bicyclic) bond motifs is 1. The number of carbonyl (C=O) groups is 1. The van der Waals surface area contributed by atoms with Crippen molar-refractivity contribution in [2.24, 2.45) is 0 Å². The van der Waals surface area contributed by atoms with Crippen LogP contribution in [0.15, 0.2) is 42.5 Å². The molecule has 5 heteroatoms. The fraction of sp³-hybridized carbons (Fsp3) is 0.316. The number of ether oxygens (including phenoxy) is 2. The van der Waals surface area contributed by atoms with E-state index in [-0.39, 0.29) is 18.6 Å². The van der Waals surface area contributed by atoms with Crippen molar-refractivity contribution in [1.82, 2.24) is 0 Å². The van der Waals surface area contributed by atoms with E-state index in [4.69, 9.17) is 9.47 Å². The Hall–Kier alpha value is -2.69. The van der Waals surface area contributed by atoms with Crippen molar-refractivity contribution < 1.29 is 14.3 Å². The first-order valence-electron chi connectivity index (χ1n) is 8.21. The van der Waals surface area contributed by atoms with Gasteiger partial charge < -0.3 is 20.1 Å². The van der Waals surface area contributed by atoms with E-state index in [2.05, 4.69) is 10.6 Å². The molecule has 5 nitrogen and oxygen atoms in total. The van der Waals surface area contributed by atoms with E-state index in [0.29, 0.717) is 18.0 Å². The first-order chi connectivity index (χ1) is 11.7. The lowest BCUT2D eigenvalue weighted by atomic mass is 10.1. The molecule has 0 aromatic heterocycles. The lowest BCUT2D eigenvalue weighted by Crippen LogP contribution is -2.22. The second kappa shape index (κ2) is 7.25. The van der Waals surface area contributed by atoms with Crippen LogP contribution >= 0.6 is 0 Å². The summed E-state index contributed by atoms with van der Waals surface area (Å²) in [5.41, 5.74) is 2.67. The Kier molecular flexibility index (Phi) is 4.89. The van der Waals surface area contributed by atoms with E-state index in [9.17, 15) is 4.79 Å². The predicted molar refractivity (Wildman–Crippen MR) is 95.0 cm³/mol. The molecule has 1 amide bonds. The molecule has 0 saturated heterocycles. The molecule has 0 saturated carbocycles. The summed E-state index contributed by atoms with van der Waals surface area (Å²) in [6.07, 6.45) is 1.01. The van der Waals surface area contributed by atoms with Crippen molar-refractivity contribution >= 4 is 17.3 Å². The third kappa shape index (κ3) is 3.79. The lowest BCUT2D eigenvalue weighted by molar-refractivity contribution is -0.114. The molecule has 1 heterocycles. The molecular weight excluding hydrogens is 304 g/mol. The molecule has 24 heavy (non-hydrogen) atoms. The third-order valence-corrected chi connectivity index (χ3v) is 3.80. The fourth-order valence-electron chi connectivity index (χ4n) is 2.74. The van der Waals surface area contributed by atoms with Crippen LogP contribution in [0.5, 0.6) is 11.5 Å². The molecule has 1 unspecified atom stereocenters. The molecule has 126 valence electrons. The number of nitrogens with one attached hydrogen (secondary N) is 2. The zero-order valence-corrected chi connectivity index (χ0v) is 14.0. The van der Waals surface area contributed by atoms with Crippen LogP contribution in [-0.4, -0.2) is 25.2 Å². The standard InChI is InChI=1S/C19H22N2O3/c1-3-23-18-10-14-9-13(2)24-17(14)11-16(18)21-19(22)12-20-15-7-5-4-6-8-15/h4-8,10-11,13,20H,3,9,12H2,1-2H3,(H,21,22). The number of hydrogen-bond acceptors (Lipinski definition) is 4. The number of para-hydroxylation sites is 1. The molecule has 0 spiro atoms. The van der Waals surface area contributed by atoms with Crippen LogP contribution in [0.1, 0.15) is 19.4 Å². The lowest BCUT2D eigenvalue weighted by Gasteiger charge is -2.14. The van der Waals surface area contributed by atoms with Gasteiger partial charge in [0.15, 0.2) is 0 Å². The van der Waals surface area contributed by atoms with Gasteiger partial charge in [-0.3, -0.25) is 4.79 Å². The Bertz CT molecular complexity index is 716. The molecule has 0 bridgehead atoms. The highest BCUT2D eigenvalue weighted by molar-refractivity contribution is 5.95. The van der Waals surface area contributed by atoms with E-state index in [1.165, 1.54) is 0 Å².